The number of rotatable bonds is 3. The summed E-state index contributed by atoms with van der Waals surface area (Å²) in [6.07, 6.45) is 1.13. The van der Waals surface area contributed by atoms with Gasteiger partial charge in [-0.2, -0.15) is 0 Å². The Hall–Kier alpha value is -2.34. The molecule has 1 heterocycles. The van der Waals surface area contributed by atoms with E-state index in [1.165, 1.54) is 18.2 Å². The van der Waals surface area contributed by atoms with Crippen LogP contribution in [0.2, 0.25) is 5.02 Å². The van der Waals surface area contributed by atoms with Gasteiger partial charge < -0.3 is 9.62 Å². The maximum atomic E-state index is 10.6. The molecule has 18 heavy (non-hydrogen) atoms. The van der Waals surface area contributed by atoms with E-state index in [9.17, 15) is 10.1 Å². The van der Waals surface area contributed by atoms with Crippen LogP contribution in [-0.2, 0) is 0 Å². The molecular weight excluding hydrogens is 260 g/mol. The SMILES string of the molecule is O=[N+]([O-])c1ccc(-c2ccc(/C=N\O)o2)c(Cl)c1. The topological polar surface area (TPSA) is 88.9 Å². The smallest absolute Gasteiger partial charge is 0.270 e. The van der Waals surface area contributed by atoms with Gasteiger partial charge in [-0.15, -0.1) is 0 Å². The normalized spacial score (nSPS) is 10.9. The van der Waals surface area contributed by atoms with Crippen LogP contribution in [0, 0.1) is 10.1 Å². The highest BCUT2D eigenvalue weighted by Gasteiger charge is 2.13. The summed E-state index contributed by atoms with van der Waals surface area (Å²) in [7, 11) is 0. The van der Waals surface area contributed by atoms with Gasteiger partial charge in [0.25, 0.3) is 5.69 Å². The van der Waals surface area contributed by atoms with Gasteiger partial charge in [0.1, 0.15) is 17.7 Å². The van der Waals surface area contributed by atoms with Crippen LogP contribution in [0.15, 0.2) is 39.9 Å². The minimum atomic E-state index is -0.526. The summed E-state index contributed by atoms with van der Waals surface area (Å²) in [6, 6.07) is 7.30. The van der Waals surface area contributed by atoms with Crippen LogP contribution in [0.5, 0.6) is 0 Å². The van der Waals surface area contributed by atoms with Crippen LogP contribution in [0.1, 0.15) is 5.76 Å². The minimum absolute atomic E-state index is 0.0903. The molecular formula is C11H7ClN2O4. The lowest BCUT2D eigenvalue weighted by Gasteiger charge is -2.00. The van der Waals surface area contributed by atoms with E-state index < -0.39 is 4.92 Å². The van der Waals surface area contributed by atoms with Crippen molar-refractivity contribution in [2.24, 2.45) is 5.16 Å². The zero-order valence-electron chi connectivity index (χ0n) is 8.91. The summed E-state index contributed by atoms with van der Waals surface area (Å²) in [6.45, 7) is 0. The molecule has 1 aromatic carbocycles. The van der Waals surface area contributed by atoms with Crippen molar-refractivity contribution in [2.75, 3.05) is 0 Å². The number of halogens is 1. The fraction of sp³-hybridized carbons (Fsp3) is 0. The van der Waals surface area contributed by atoms with Gasteiger partial charge >= 0.3 is 0 Å². The Balaban J connectivity index is 2.41. The average Bonchev–Trinajstić information content (AvgIpc) is 2.77. The van der Waals surface area contributed by atoms with E-state index in [4.69, 9.17) is 21.2 Å². The second-order valence-corrected chi connectivity index (χ2v) is 3.78. The molecule has 0 bridgehead atoms. The van der Waals surface area contributed by atoms with Crippen LogP contribution >= 0.6 is 11.6 Å². The molecule has 0 fully saturated rings. The molecule has 0 aliphatic carbocycles. The Morgan fingerprint density at radius 3 is 2.78 bits per heavy atom. The van der Waals surface area contributed by atoms with Crippen molar-refractivity contribution >= 4 is 23.5 Å². The zero-order chi connectivity index (χ0) is 13.1. The number of non-ortho nitro benzene ring substituents is 1. The summed E-state index contributed by atoms with van der Waals surface area (Å²) in [5, 5.41) is 22.0. The summed E-state index contributed by atoms with van der Waals surface area (Å²) in [5.41, 5.74) is 0.437. The zero-order valence-corrected chi connectivity index (χ0v) is 9.66. The van der Waals surface area contributed by atoms with E-state index >= 15 is 0 Å². The van der Waals surface area contributed by atoms with Gasteiger partial charge in [-0.05, 0) is 18.2 Å². The number of nitrogens with zero attached hydrogens (tertiary/aromatic N) is 2. The standard InChI is InChI=1S/C11H7ClN2O4/c12-10-5-7(14(16)17)1-3-9(10)11-4-2-8(18-11)6-13-15/h1-6,15H/b13-6-. The number of hydrogen-bond donors (Lipinski definition) is 1. The maximum absolute atomic E-state index is 10.6. The van der Waals surface area contributed by atoms with Gasteiger partial charge in [0.15, 0.2) is 0 Å². The van der Waals surface area contributed by atoms with Gasteiger partial charge in [-0.3, -0.25) is 10.1 Å². The number of nitro groups is 1. The predicted molar refractivity (Wildman–Crippen MR) is 65.2 cm³/mol. The number of hydrogen-bond acceptors (Lipinski definition) is 5. The monoisotopic (exact) mass is 266 g/mol. The van der Waals surface area contributed by atoms with E-state index in [2.05, 4.69) is 5.16 Å². The molecule has 2 rings (SSSR count). The van der Waals surface area contributed by atoms with E-state index in [1.54, 1.807) is 12.1 Å². The van der Waals surface area contributed by atoms with E-state index in [-0.39, 0.29) is 10.7 Å². The Morgan fingerprint density at radius 2 is 2.17 bits per heavy atom. The molecule has 0 aliphatic rings. The van der Waals surface area contributed by atoms with Gasteiger partial charge in [0, 0.05) is 17.7 Å². The molecule has 0 saturated carbocycles. The van der Waals surface area contributed by atoms with Crippen molar-refractivity contribution < 1.29 is 14.5 Å². The van der Waals surface area contributed by atoms with Crippen molar-refractivity contribution in [1.29, 1.82) is 0 Å². The number of nitro benzene ring substituents is 1. The Kier molecular flexibility index (Phi) is 3.29. The molecule has 0 radical (unpaired) electrons. The maximum Gasteiger partial charge on any atom is 0.270 e. The third-order valence-corrected chi connectivity index (χ3v) is 2.55. The van der Waals surface area contributed by atoms with Crippen LogP contribution in [-0.4, -0.2) is 16.3 Å². The molecule has 0 atom stereocenters. The van der Waals surface area contributed by atoms with E-state index in [1.807, 2.05) is 0 Å². The Bertz CT molecular complexity index is 621. The van der Waals surface area contributed by atoms with Gasteiger partial charge in [-0.1, -0.05) is 16.8 Å². The lowest BCUT2D eigenvalue weighted by Crippen LogP contribution is -1.88. The summed E-state index contributed by atoms with van der Waals surface area (Å²) in [5.74, 6) is 0.784. The second-order valence-electron chi connectivity index (χ2n) is 3.37. The second kappa shape index (κ2) is 4.89. The predicted octanol–water partition coefficient (Wildman–Crippen LogP) is 3.32. The molecule has 0 spiro atoms. The first kappa shape index (κ1) is 12.1. The van der Waals surface area contributed by atoms with Gasteiger partial charge in [-0.25, -0.2) is 0 Å². The fourth-order valence-electron chi connectivity index (χ4n) is 1.44. The number of oxime groups is 1. The Morgan fingerprint density at radius 1 is 1.39 bits per heavy atom. The first-order valence-corrected chi connectivity index (χ1v) is 5.21. The number of benzene rings is 1. The molecule has 2 aromatic rings. The molecule has 1 aromatic heterocycles. The highest BCUT2D eigenvalue weighted by molar-refractivity contribution is 6.33. The summed E-state index contributed by atoms with van der Waals surface area (Å²) >= 11 is 5.95. The summed E-state index contributed by atoms with van der Waals surface area (Å²) in [4.78, 5) is 10.0. The number of furan rings is 1. The largest absolute Gasteiger partial charge is 0.455 e. The van der Waals surface area contributed by atoms with Crippen LogP contribution < -0.4 is 0 Å². The third-order valence-electron chi connectivity index (χ3n) is 2.24. The molecule has 7 heteroatoms. The first-order chi connectivity index (χ1) is 8.61. The average molecular weight is 267 g/mol. The summed E-state index contributed by atoms with van der Waals surface area (Å²) < 4.78 is 5.33. The van der Waals surface area contributed by atoms with Gasteiger partial charge in [0.05, 0.1) is 9.95 Å². The van der Waals surface area contributed by atoms with Crippen molar-refractivity contribution in [1.82, 2.24) is 0 Å². The van der Waals surface area contributed by atoms with Crippen molar-refractivity contribution in [2.45, 2.75) is 0 Å². The quantitative estimate of drug-likeness (QED) is 0.399. The molecule has 6 nitrogen and oxygen atoms in total. The van der Waals surface area contributed by atoms with Crippen LogP contribution in [0.25, 0.3) is 11.3 Å². The van der Waals surface area contributed by atoms with Crippen molar-refractivity contribution in [3.8, 4) is 11.3 Å². The molecule has 0 amide bonds. The third kappa shape index (κ3) is 2.33. The minimum Gasteiger partial charge on any atom is -0.455 e. The van der Waals surface area contributed by atoms with E-state index in [0.717, 1.165) is 6.21 Å². The first-order valence-electron chi connectivity index (χ1n) is 4.83. The molecule has 1 N–H and O–H groups in total. The van der Waals surface area contributed by atoms with Crippen LogP contribution in [0.3, 0.4) is 0 Å². The molecule has 0 saturated heterocycles. The highest BCUT2D eigenvalue weighted by atomic mass is 35.5. The highest BCUT2D eigenvalue weighted by Crippen LogP contribution is 2.31. The lowest BCUT2D eigenvalue weighted by atomic mass is 10.1. The van der Waals surface area contributed by atoms with Gasteiger partial charge in [0.2, 0.25) is 0 Å². The Labute approximate surface area is 106 Å². The van der Waals surface area contributed by atoms with Crippen molar-refractivity contribution in [3.05, 3.63) is 51.2 Å². The van der Waals surface area contributed by atoms with Crippen LogP contribution in [0.4, 0.5) is 5.69 Å². The molecule has 0 aliphatic heterocycles. The molecule has 92 valence electrons. The fourth-order valence-corrected chi connectivity index (χ4v) is 1.71. The lowest BCUT2D eigenvalue weighted by molar-refractivity contribution is -0.384. The molecule has 0 unspecified atom stereocenters. The van der Waals surface area contributed by atoms with E-state index in [0.29, 0.717) is 17.1 Å². The van der Waals surface area contributed by atoms with Crippen molar-refractivity contribution in [3.63, 3.8) is 0 Å².